The van der Waals surface area contributed by atoms with Crippen molar-refractivity contribution in [1.82, 2.24) is 15.1 Å². The minimum atomic E-state index is -0.286. The van der Waals surface area contributed by atoms with Crippen LogP contribution >= 0.6 is 0 Å². The summed E-state index contributed by atoms with van der Waals surface area (Å²) in [6, 6.07) is 14.6. The molecule has 6 heteroatoms. The summed E-state index contributed by atoms with van der Waals surface area (Å²) in [5, 5.41) is 17.6. The van der Waals surface area contributed by atoms with Crippen molar-refractivity contribution in [3.8, 4) is 22.8 Å². The van der Waals surface area contributed by atoms with Crippen LogP contribution in [0.15, 0.2) is 48.5 Å². The number of phenolic OH excluding ortho intramolecular Hbond substituents is 1. The molecule has 4 rings (SSSR count). The van der Waals surface area contributed by atoms with Gasteiger partial charge in [-0.05, 0) is 43.2 Å². The van der Waals surface area contributed by atoms with Crippen LogP contribution in [0.2, 0.25) is 0 Å². The molecule has 1 aliphatic heterocycles. The first kappa shape index (κ1) is 18.1. The van der Waals surface area contributed by atoms with E-state index in [9.17, 15) is 9.90 Å². The molecule has 0 bridgehead atoms. The third-order valence-electron chi connectivity index (χ3n) is 5.01. The summed E-state index contributed by atoms with van der Waals surface area (Å²) in [7, 11) is 0. The summed E-state index contributed by atoms with van der Waals surface area (Å²) in [6.07, 6.45) is 0.927. The number of fused-ring (bicyclic) bond motifs is 1. The summed E-state index contributed by atoms with van der Waals surface area (Å²) in [6.45, 7) is 5.23. The monoisotopic (exact) mass is 377 g/mol. The smallest absolute Gasteiger partial charge is 0.273 e. The third-order valence-corrected chi connectivity index (χ3v) is 5.01. The lowest BCUT2D eigenvalue weighted by atomic mass is 9.95. The molecule has 0 saturated carbocycles. The molecular formula is C22H23N3O3. The van der Waals surface area contributed by atoms with E-state index in [1.54, 1.807) is 12.1 Å². The Morgan fingerprint density at radius 3 is 2.75 bits per heavy atom. The highest BCUT2D eigenvalue weighted by molar-refractivity contribution is 6.00. The van der Waals surface area contributed by atoms with E-state index in [-0.39, 0.29) is 17.7 Å². The van der Waals surface area contributed by atoms with Crippen LogP contribution < -0.4 is 4.74 Å². The van der Waals surface area contributed by atoms with Crippen LogP contribution in [0.3, 0.4) is 0 Å². The maximum Gasteiger partial charge on any atom is 0.273 e. The van der Waals surface area contributed by atoms with E-state index < -0.39 is 0 Å². The largest absolute Gasteiger partial charge is 0.507 e. The van der Waals surface area contributed by atoms with Crippen LogP contribution in [0.1, 0.15) is 47.9 Å². The highest BCUT2D eigenvalue weighted by Gasteiger charge is 2.41. The molecule has 0 spiro atoms. The van der Waals surface area contributed by atoms with Gasteiger partial charge in [0.25, 0.3) is 5.91 Å². The van der Waals surface area contributed by atoms with Crippen molar-refractivity contribution < 1.29 is 14.6 Å². The first-order chi connectivity index (χ1) is 13.7. The van der Waals surface area contributed by atoms with E-state index in [1.165, 1.54) is 0 Å². The van der Waals surface area contributed by atoms with E-state index in [0.29, 0.717) is 30.1 Å². The van der Waals surface area contributed by atoms with Crippen molar-refractivity contribution >= 4 is 5.91 Å². The molecule has 2 heterocycles. The number of hydrogen-bond donors (Lipinski definition) is 2. The van der Waals surface area contributed by atoms with Gasteiger partial charge >= 0.3 is 0 Å². The highest BCUT2D eigenvalue weighted by Crippen LogP contribution is 2.44. The predicted molar refractivity (Wildman–Crippen MR) is 106 cm³/mol. The van der Waals surface area contributed by atoms with Gasteiger partial charge in [0.2, 0.25) is 0 Å². The molecule has 1 atom stereocenters. The van der Waals surface area contributed by atoms with Gasteiger partial charge in [0.15, 0.2) is 0 Å². The lowest BCUT2D eigenvalue weighted by Gasteiger charge is -2.25. The zero-order valence-electron chi connectivity index (χ0n) is 16.0. The molecule has 6 nitrogen and oxygen atoms in total. The fraction of sp³-hybridized carbons (Fsp3) is 0.273. The molecule has 2 N–H and O–H groups in total. The summed E-state index contributed by atoms with van der Waals surface area (Å²) in [5.74, 6) is 0.832. The number of aromatic nitrogens is 2. The van der Waals surface area contributed by atoms with Gasteiger partial charge < -0.3 is 14.7 Å². The standard InChI is InChI=1S/C22H23N3O3/c1-3-12-28-15-9-7-8-14(13-15)21-18-19(16-10-5-6-11-17(16)26)23-24-20(18)22(27)25(21)4-2/h5-11,13,21,26H,3-4,12H2,1-2H3,(H,23,24). The van der Waals surface area contributed by atoms with Crippen molar-refractivity contribution in [3.63, 3.8) is 0 Å². The Kier molecular flexibility index (Phi) is 4.77. The number of nitrogens with zero attached hydrogens (tertiary/aromatic N) is 2. The molecule has 0 saturated heterocycles. The Morgan fingerprint density at radius 1 is 1.18 bits per heavy atom. The number of nitrogens with one attached hydrogen (secondary N) is 1. The Balaban J connectivity index is 1.85. The molecule has 1 unspecified atom stereocenters. The average molecular weight is 377 g/mol. The van der Waals surface area contributed by atoms with Crippen molar-refractivity contribution in [2.45, 2.75) is 26.3 Å². The number of carbonyl (C=O) groups is 1. The number of hydrogen-bond acceptors (Lipinski definition) is 4. The number of para-hydroxylation sites is 1. The normalized spacial score (nSPS) is 15.7. The molecule has 0 radical (unpaired) electrons. The number of carbonyl (C=O) groups excluding carboxylic acids is 1. The number of aromatic hydroxyl groups is 1. The Morgan fingerprint density at radius 2 is 2.00 bits per heavy atom. The maximum atomic E-state index is 13.0. The van der Waals surface area contributed by atoms with Crippen molar-refractivity contribution in [1.29, 1.82) is 0 Å². The van der Waals surface area contributed by atoms with E-state index in [1.807, 2.05) is 48.2 Å². The molecule has 0 aliphatic carbocycles. The number of ether oxygens (including phenoxy) is 1. The topological polar surface area (TPSA) is 78.5 Å². The Labute approximate surface area is 163 Å². The second-order valence-corrected chi connectivity index (χ2v) is 6.79. The van der Waals surface area contributed by atoms with Gasteiger partial charge in [0.05, 0.1) is 12.6 Å². The molecule has 1 aliphatic rings. The van der Waals surface area contributed by atoms with E-state index >= 15 is 0 Å². The first-order valence-electron chi connectivity index (χ1n) is 9.56. The number of amides is 1. The lowest BCUT2D eigenvalue weighted by Crippen LogP contribution is -2.29. The molecule has 144 valence electrons. The first-order valence-corrected chi connectivity index (χ1v) is 9.56. The SMILES string of the molecule is CCCOc1cccc(C2c3c(-c4ccccc4O)n[nH]c3C(=O)N2CC)c1. The van der Waals surface area contributed by atoms with Crippen LogP contribution in [0.4, 0.5) is 0 Å². The Hall–Kier alpha value is -3.28. The fourth-order valence-electron chi connectivity index (χ4n) is 3.74. The summed E-state index contributed by atoms with van der Waals surface area (Å²) >= 11 is 0. The van der Waals surface area contributed by atoms with E-state index in [4.69, 9.17) is 4.74 Å². The van der Waals surface area contributed by atoms with Crippen LogP contribution in [0.5, 0.6) is 11.5 Å². The predicted octanol–water partition coefficient (Wildman–Crippen LogP) is 4.14. The second kappa shape index (κ2) is 7.38. The molecule has 1 amide bonds. The van der Waals surface area contributed by atoms with Crippen molar-refractivity contribution in [2.75, 3.05) is 13.2 Å². The molecule has 3 aromatic rings. The number of benzene rings is 2. The van der Waals surface area contributed by atoms with Gasteiger partial charge in [-0.25, -0.2) is 0 Å². The maximum absolute atomic E-state index is 13.0. The average Bonchev–Trinajstić information content (AvgIpc) is 3.25. The van der Waals surface area contributed by atoms with Gasteiger partial charge in [-0.2, -0.15) is 5.10 Å². The third kappa shape index (κ3) is 2.91. The molecule has 0 fully saturated rings. The minimum Gasteiger partial charge on any atom is -0.507 e. The quantitative estimate of drug-likeness (QED) is 0.677. The highest BCUT2D eigenvalue weighted by atomic mass is 16.5. The van der Waals surface area contributed by atoms with E-state index in [0.717, 1.165) is 23.3 Å². The second-order valence-electron chi connectivity index (χ2n) is 6.79. The minimum absolute atomic E-state index is 0.0865. The van der Waals surface area contributed by atoms with Gasteiger partial charge in [0, 0.05) is 17.7 Å². The molecular weight excluding hydrogens is 354 g/mol. The van der Waals surface area contributed by atoms with Crippen molar-refractivity contribution in [2.24, 2.45) is 0 Å². The Bertz CT molecular complexity index is 1010. The molecule has 1 aromatic heterocycles. The number of H-pyrrole nitrogens is 1. The number of phenols is 1. The van der Waals surface area contributed by atoms with Crippen LogP contribution in [-0.2, 0) is 0 Å². The van der Waals surface area contributed by atoms with Gasteiger partial charge in [-0.1, -0.05) is 31.2 Å². The van der Waals surface area contributed by atoms with Crippen LogP contribution in [0, 0.1) is 0 Å². The number of aromatic amines is 1. The molecule has 28 heavy (non-hydrogen) atoms. The molecule has 2 aromatic carbocycles. The zero-order valence-corrected chi connectivity index (χ0v) is 16.0. The van der Waals surface area contributed by atoms with Gasteiger partial charge in [-0.3, -0.25) is 9.89 Å². The van der Waals surface area contributed by atoms with Crippen LogP contribution in [0.25, 0.3) is 11.3 Å². The van der Waals surface area contributed by atoms with E-state index in [2.05, 4.69) is 17.1 Å². The summed E-state index contributed by atoms with van der Waals surface area (Å²) in [4.78, 5) is 14.8. The van der Waals surface area contributed by atoms with Gasteiger partial charge in [-0.15, -0.1) is 0 Å². The van der Waals surface area contributed by atoms with Crippen molar-refractivity contribution in [3.05, 3.63) is 65.4 Å². The number of rotatable bonds is 6. The van der Waals surface area contributed by atoms with Gasteiger partial charge in [0.1, 0.15) is 22.9 Å². The fourth-order valence-corrected chi connectivity index (χ4v) is 3.74. The lowest BCUT2D eigenvalue weighted by molar-refractivity contribution is 0.0753. The summed E-state index contributed by atoms with van der Waals surface area (Å²) < 4.78 is 5.79. The van der Waals surface area contributed by atoms with Crippen LogP contribution in [-0.4, -0.2) is 39.3 Å². The summed E-state index contributed by atoms with van der Waals surface area (Å²) in [5.41, 5.74) is 3.43. The zero-order chi connectivity index (χ0) is 19.7.